The first kappa shape index (κ1) is 19.3. The van der Waals surface area contributed by atoms with Gasteiger partial charge in [0, 0.05) is 10.7 Å². The van der Waals surface area contributed by atoms with Crippen molar-refractivity contribution in [1.29, 1.82) is 0 Å². The monoisotopic (exact) mass is 402 g/mol. The van der Waals surface area contributed by atoms with Crippen molar-refractivity contribution in [3.63, 3.8) is 0 Å². The van der Waals surface area contributed by atoms with Crippen LogP contribution in [0.2, 0.25) is 0 Å². The maximum absolute atomic E-state index is 11.4. The van der Waals surface area contributed by atoms with Gasteiger partial charge in [-0.15, -0.1) is 0 Å². The number of hydrogen-bond donors (Lipinski definition) is 0. The summed E-state index contributed by atoms with van der Waals surface area (Å²) >= 11 is 0. The lowest BCUT2D eigenvalue weighted by molar-refractivity contribution is 0.256. The fraction of sp³-hybridized carbons (Fsp3) is 0.143. The third-order valence-corrected chi connectivity index (χ3v) is 4.83. The molecular formula is C21H19ClO4S. The van der Waals surface area contributed by atoms with E-state index < -0.39 is 9.05 Å². The van der Waals surface area contributed by atoms with Gasteiger partial charge in [-0.3, -0.25) is 0 Å². The minimum atomic E-state index is -3.65. The topological polar surface area (TPSA) is 52.6 Å². The minimum Gasteiger partial charge on any atom is -0.485 e. The number of halogens is 1. The number of hydrogen-bond acceptors (Lipinski definition) is 4. The molecule has 0 aromatic heterocycles. The van der Waals surface area contributed by atoms with Gasteiger partial charge < -0.3 is 9.47 Å². The van der Waals surface area contributed by atoms with Crippen molar-refractivity contribution in [2.45, 2.75) is 19.0 Å². The molecule has 3 rings (SSSR count). The molecule has 0 atom stereocenters. The van der Waals surface area contributed by atoms with E-state index in [9.17, 15) is 8.42 Å². The summed E-state index contributed by atoms with van der Waals surface area (Å²) in [5, 5.41) is 0. The fourth-order valence-electron chi connectivity index (χ4n) is 2.54. The number of rotatable bonds is 8. The van der Waals surface area contributed by atoms with Crippen LogP contribution in [-0.2, 0) is 28.0 Å². The summed E-state index contributed by atoms with van der Waals surface area (Å²) in [5.41, 5.74) is 2.57. The lowest BCUT2D eigenvalue weighted by atomic mass is 10.2. The summed E-state index contributed by atoms with van der Waals surface area (Å²) in [6, 6.07) is 24.5. The summed E-state index contributed by atoms with van der Waals surface area (Å²) in [6.45, 7) is 0.731. The van der Waals surface area contributed by atoms with E-state index in [4.69, 9.17) is 20.2 Å². The molecule has 6 heteroatoms. The lowest BCUT2D eigenvalue weighted by Gasteiger charge is -2.14. The van der Waals surface area contributed by atoms with E-state index >= 15 is 0 Å². The van der Waals surface area contributed by atoms with Gasteiger partial charge in [0.15, 0.2) is 11.5 Å². The first-order chi connectivity index (χ1) is 13.0. The van der Waals surface area contributed by atoms with E-state index in [-0.39, 0.29) is 5.75 Å². The summed E-state index contributed by atoms with van der Waals surface area (Å²) in [4.78, 5) is 0. The molecule has 0 heterocycles. The molecule has 0 amide bonds. The second-order valence-corrected chi connectivity index (χ2v) is 8.79. The highest BCUT2D eigenvalue weighted by Crippen LogP contribution is 2.31. The molecule has 0 spiro atoms. The van der Waals surface area contributed by atoms with Crippen LogP contribution in [0.25, 0.3) is 0 Å². The fourth-order valence-corrected chi connectivity index (χ4v) is 3.50. The zero-order chi connectivity index (χ0) is 19.1. The van der Waals surface area contributed by atoms with Crippen LogP contribution in [-0.4, -0.2) is 8.42 Å². The molecule has 0 fully saturated rings. The van der Waals surface area contributed by atoms with Crippen molar-refractivity contribution >= 4 is 19.7 Å². The molecule has 140 valence electrons. The largest absolute Gasteiger partial charge is 0.485 e. The SMILES string of the molecule is O=S(=O)(Cl)Cc1ccc(OCc2ccccc2)c(OCc2ccccc2)c1. The van der Waals surface area contributed by atoms with Gasteiger partial charge in [-0.25, -0.2) is 8.42 Å². The van der Waals surface area contributed by atoms with E-state index in [1.807, 2.05) is 60.7 Å². The number of benzene rings is 3. The Bertz CT molecular complexity index is 974. The van der Waals surface area contributed by atoms with Crippen molar-refractivity contribution in [1.82, 2.24) is 0 Å². The molecule has 3 aromatic carbocycles. The van der Waals surface area contributed by atoms with Crippen LogP contribution < -0.4 is 9.47 Å². The average molecular weight is 403 g/mol. The van der Waals surface area contributed by atoms with Crippen LogP contribution in [0, 0.1) is 0 Å². The van der Waals surface area contributed by atoms with Crippen LogP contribution in [0.4, 0.5) is 0 Å². The van der Waals surface area contributed by atoms with Gasteiger partial charge in [0.1, 0.15) is 13.2 Å². The summed E-state index contributed by atoms with van der Waals surface area (Å²) < 4.78 is 34.6. The lowest BCUT2D eigenvalue weighted by Crippen LogP contribution is -2.02. The normalized spacial score (nSPS) is 11.1. The van der Waals surface area contributed by atoms with E-state index in [0.717, 1.165) is 11.1 Å². The van der Waals surface area contributed by atoms with E-state index in [1.165, 1.54) is 0 Å². The first-order valence-electron chi connectivity index (χ1n) is 8.38. The van der Waals surface area contributed by atoms with Gasteiger partial charge in [0.2, 0.25) is 9.05 Å². The molecule has 0 aliphatic carbocycles. The average Bonchev–Trinajstić information content (AvgIpc) is 2.66. The Morgan fingerprint density at radius 3 is 1.70 bits per heavy atom. The van der Waals surface area contributed by atoms with Gasteiger partial charge in [-0.05, 0) is 28.8 Å². The van der Waals surface area contributed by atoms with Gasteiger partial charge in [0.25, 0.3) is 0 Å². The predicted octanol–water partition coefficient (Wildman–Crippen LogP) is 4.91. The second-order valence-electron chi connectivity index (χ2n) is 6.01. The van der Waals surface area contributed by atoms with Crippen LogP contribution in [0.1, 0.15) is 16.7 Å². The summed E-state index contributed by atoms with van der Waals surface area (Å²) in [6.07, 6.45) is 0. The Morgan fingerprint density at radius 1 is 0.667 bits per heavy atom. The summed E-state index contributed by atoms with van der Waals surface area (Å²) in [5.74, 6) is 0.757. The molecule has 0 bridgehead atoms. The van der Waals surface area contributed by atoms with E-state index in [1.54, 1.807) is 18.2 Å². The molecule has 0 radical (unpaired) electrons. The molecule has 4 nitrogen and oxygen atoms in total. The maximum Gasteiger partial charge on any atom is 0.236 e. The molecule has 0 N–H and O–H groups in total. The van der Waals surface area contributed by atoms with E-state index in [2.05, 4.69) is 0 Å². The van der Waals surface area contributed by atoms with Crippen molar-refractivity contribution in [3.8, 4) is 11.5 Å². The van der Waals surface area contributed by atoms with Crippen LogP contribution in [0.15, 0.2) is 78.9 Å². The molecule has 0 aliphatic heterocycles. The third kappa shape index (κ3) is 6.31. The van der Waals surface area contributed by atoms with Crippen LogP contribution in [0.3, 0.4) is 0 Å². The second kappa shape index (κ2) is 8.93. The molecular weight excluding hydrogens is 384 g/mol. The Balaban J connectivity index is 1.79. The van der Waals surface area contributed by atoms with Crippen molar-refractivity contribution in [2.75, 3.05) is 0 Å². The summed E-state index contributed by atoms with van der Waals surface area (Å²) in [7, 11) is 1.72. The van der Waals surface area contributed by atoms with Gasteiger partial charge in [-0.1, -0.05) is 66.7 Å². The van der Waals surface area contributed by atoms with E-state index in [0.29, 0.717) is 30.3 Å². The molecule has 27 heavy (non-hydrogen) atoms. The van der Waals surface area contributed by atoms with Crippen molar-refractivity contribution in [2.24, 2.45) is 0 Å². The van der Waals surface area contributed by atoms with Gasteiger partial charge in [-0.2, -0.15) is 0 Å². The van der Waals surface area contributed by atoms with Crippen molar-refractivity contribution in [3.05, 3.63) is 95.6 Å². The molecule has 0 unspecified atom stereocenters. The molecule has 3 aromatic rings. The van der Waals surface area contributed by atoms with Crippen LogP contribution in [0.5, 0.6) is 11.5 Å². The highest BCUT2D eigenvalue weighted by molar-refractivity contribution is 8.13. The van der Waals surface area contributed by atoms with Crippen LogP contribution >= 0.6 is 10.7 Å². The third-order valence-electron chi connectivity index (χ3n) is 3.82. The quantitative estimate of drug-likeness (QED) is 0.502. The zero-order valence-electron chi connectivity index (χ0n) is 14.5. The molecule has 0 aliphatic rings. The van der Waals surface area contributed by atoms with Gasteiger partial charge in [0.05, 0.1) is 5.75 Å². The zero-order valence-corrected chi connectivity index (χ0v) is 16.1. The minimum absolute atomic E-state index is 0.269. The highest BCUT2D eigenvalue weighted by atomic mass is 35.7. The first-order valence-corrected chi connectivity index (χ1v) is 10.9. The molecule has 0 saturated carbocycles. The predicted molar refractivity (Wildman–Crippen MR) is 106 cm³/mol. The Hall–Kier alpha value is -2.50. The molecule has 0 saturated heterocycles. The standard InChI is InChI=1S/C21H19ClO4S/c22-27(23,24)16-19-11-12-20(25-14-17-7-3-1-4-8-17)21(13-19)26-15-18-9-5-2-6-10-18/h1-13H,14-16H2. The smallest absolute Gasteiger partial charge is 0.236 e. The number of ether oxygens (including phenoxy) is 2. The Morgan fingerprint density at radius 2 is 1.19 bits per heavy atom. The Labute approximate surface area is 163 Å². The Kier molecular flexibility index (Phi) is 6.37. The highest BCUT2D eigenvalue weighted by Gasteiger charge is 2.12. The van der Waals surface area contributed by atoms with Crippen molar-refractivity contribution < 1.29 is 17.9 Å². The van der Waals surface area contributed by atoms with Gasteiger partial charge >= 0.3 is 0 Å². The maximum atomic E-state index is 11.4.